The molecule has 0 aliphatic rings. The minimum Gasteiger partial charge on any atom is 0 e. The molecule has 0 aromatic heterocycles. The van der Waals surface area contributed by atoms with Crippen LogP contribution in [0, 0.1) is 0 Å². The second-order valence-electron chi connectivity index (χ2n) is 0. The number of hydrogen-bond donors (Lipinski definition) is 0. The smallest absolute Gasteiger partial charge is 0 e. The molecule has 0 aliphatic carbocycles. The largest absolute Gasteiger partial charge is 0 e. The Morgan fingerprint density at radius 1 is 1.00 bits per heavy atom. The Morgan fingerprint density at radius 2 is 1.00 bits per heavy atom. The van der Waals surface area contributed by atoms with Crippen LogP contribution >= 0.6 is 0 Å². The summed E-state index contributed by atoms with van der Waals surface area (Å²) >= 11 is 0. The maximum Gasteiger partial charge on any atom is 0 e. The van der Waals surface area contributed by atoms with Crippen molar-refractivity contribution in [2.24, 2.45) is 0 Å². The molecule has 0 N–H and O–H groups in total. The van der Waals surface area contributed by atoms with Crippen LogP contribution in [0.5, 0.6) is 0 Å². The molecule has 0 saturated heterocycles. The van der Waals surface area contributed by atoms with Crippen LogP contribution in [0.2, 0.25) is 0 Å². The Labute approximate surface area is 104 Å². The molecule has 0 nitrogen and oxygen atoms in total. The number of hydrogen-bond acceptors (Lipinski definition) is 0. The maximum atomic E-state index is 0. The zero-order chi connectivity index (χ0) is 0. The topological polar surface area (TPSA) is 0 Å². The van der Waals surface area contributed by atoms with Gasteiger partial charge in [0.15, 0.2) is 0 Å². The SMILES string of the molecule is [Cu].[Mo].[PbH2].[W].[Zn]. The average molecular weight is 618 g/mol. The third-order valence-electron chi connectivity index (χ3n) is 0. The summed E-state index contributed by atoms with van der Waals surface area (Å²) in [5.74, 6) is 0. The van der Waals surface area contributed by atoms with E-state index in [0.717, 1.165) is 0 Å². The van der Waals surface area contributed by atoms with Crippen molar-refractivity contribution in [2.45, 2.75) is 0 Å². The molecule has 0 fully saturated rings. The van der Waals surface area contributed by atoms with E-state index in [1.807, 2.05) is 0 Å². The minimum absolute atomic E-state index is 0. The fourth-order valence-corrected chi connectivity index (χ4v) is 0. The first-order chi connectivity index (χ1) is 0. The van der Waals surface area contributed by atoms with Crippen LogP contribution in [-0.2, 0) is 78.7 Å². The molecule has 0 aliphatic heterocycles. The zero-order valence-electron chi connectivity index (χ0n) is 2.53. The van der Waals surface area contributed by atoms with Crippen LogP contribution in [-0.4, -0.2) is 27.3 Å². The van der Waals surface area contributed by atoms with Crippen molar-refractivity contribution in [3.8, 4) is 0 Å². The third kappa shape index (κ3) is 18.6. The van der Waals surface area contributed by atoms with Crippen LogP contribution in [0.4, 0.5) is 0 Å². The zero-order valence-corrected chi connectivity index (χ0v) is 16.9. The first kappa shape index (κ1) is 39.5. The predicted octanol–water partition coefficient (Wildman–Crippen LogP) is -0.926. The summed E-state index contributed by atoms with van der Waals surface area (Å²) in [6.07, 6.45) is 0. The average Bonchev–Trinajstić information content (AvgIpc) is 0. The van der Waals surface area contributed by atoms with E-state index >= 15 is 0 Å². The van der Waals surface area contributed by atoms with Gasteiger partial charge in [0.1, 0.15) is 0 Å². The Morgan fingerprint density at radius 3 is 1.00 bits per heavy atom. The molecule has 5 heavy (non-hydrogen) atoms. The van der Waals surface area contributed by atoms with Gasteiger partial charge in [0, 0.05) is 78.7 Å². The summed E-state index contributed by atoms with van der Waals surface area (Å²) in [6.45, 7) is 0. The van der Waals surface area contributed by atoms with E-state index in [1.165, 1.54) is 0 Å². The van der Waals surface area contributed by atoms with Crippen molar-refractivity contribution in [3.05, 3.63) is 0 Å². The third-order valence-corrected chi connectivity index (χ3v) is 0. The van der Waals surface area contributed by atoms with E-state index in [9.17, 15) is 0 Å². The van der Waals surface area contributed by atoms with Gasteiger partial charge in [-0.15, -0.1) is 0 Å². The molecular weight excluding hydrogens is 616 g/mol. The van der Waals surface area contributed by atoms with Gasteiger partial charge >= 0.3 is 27.3 Å². The van der Waals surface area contributed by atoms with Crippen LogP contribution in [0.25, 0.3) is 0 Å². The van der Waals surface area contributed by atoms with Gasteiger partial charge in [-0.1, -0.05) is 0 Å². The van der Waals surface area contributed by atoms with E-state index in [-0.39, 0.29) is 106 Å². The van der Waals surface area contributed by atoms with E-state index in [1.54, 1.807) is 0 Å². The molecule has 0 aromatic carbocycles. The molecule has 3 radical (unpaired) electrons. The summed E-state index contributed by atoms with van der Waals surface area (Å²) < 4.78 is 0. The molecule has 0 unspecified atom stereocenters. The van der Waals surface area contributed by atoms with Gasteiger partial charge in [0.25, 0.3) is 0 Å². The molecule has 0 rings (SSSR count). The molecule has 0 bridgehead atoms. The van der Waals surface area contributed by atoms with E-state index < -0.39 is 0 Å². The van der Waals surface area contributed by atoms with Gasteiger partial charge in [-0.05, 0) is 0 Å². The Kier molecular flexibility index (Phi) is 206. The molecule has 0 saturated carbocycles. The van der Waals surface area contributed by atoms with E-state index in [4.69, 9.17) is 0 Å². The van der Waals surface area contributed by atoms with Crippen LogP contribution < -0.4 is 0 Å². The molecule has 0 aromatic rings. The van der Waals surface area contributed by atoms with Gasteiger partial charge in [0.2, 0.25) is 0 Å². The van der Waals surface area contributed by atoms with Gasteiger partial charge in [-0.25, -0.2) is 0 Å². The van der Waals surface area contributed by atoms with Crippen LogP contribution in [0.3, 0.4) is 0 Å². The molecule has 31 valence electrons. The normalized spacial score (nSPS) is 0. The fourth-order valence-electron chi connectivity index (χ4n) is 0. The van der Waals surface area contributed by atoms with Gasteiger partial charge in [-0.2, -0.15) is 0 Å². The van der Waals surface area contributed by atoms with Crippen molar-refractivity contribution in [1.29, 1.82) is 0 Å². The molecule has 5 heteroatoms. The van der Waals surface area contributed by atoms with E-state index in [0.29, 0.717) is 0 Å². The second kappa shape index (κ2) is 26.1. The first-order valence-corrected chi connectivity index (χ1v) is 0. The van der Waals surface area contributed by atoms with Gasteiger partial charge in [0.05, 0.1) is 0 Å². The summed E-state index contributed by atoms with van der Waals surface area (Å²) in [5.41, 5.74) is 0. The summed E-state index contributed by atoms with van der Waals surface area (Å²) in [5, 5.41) is 0. The number of rotatable bonds is 0. The molecule has 0 atom stereocenters. The van der Waals surface area contributed by atoms with Crippen LogP contribution in [0.1, 0.15) is 0 Å². The van der Waals surface area contributed by atoms with Gasteiger partial charge in [-0.3, -0.25) is 0 Å². The second-order valence-corrected chi connectivity index (χ2v) is 0. The van der Waals surface area contributed by atoms with Crippen molar-refractivity contribution < 1.29 is 78.7 Å². The first-order valence-electron chi connectivity index (χ1n) is 0. The Bertz CT molecular complexity index is 11.6. The van der Waals surface area contributed by atoms with Crippen molar-refractivity contribution in [1.82, 2.24) is 0 Å². The molecule has 0 amide bonds. The van der Waals surface area contributed by atoms with Crippen LogP contribution in [0.15, 0.2) is 0 Å². The monoisotopic (exact) mass is 619 g/mol. The summed E-state index contributed by atoms with van der Waals surface area (Å²) in [7, 11) is 0. The van der Waals surface area contributed by atoms with Crippen molar-refractivity contribution in [3.63, 3.8) is 0 Å². The maximum absolute atomic E-state index is 0. The molecular formula is H2CuMoPbWZn. The molecule has 0 heterocycles. The predicted molar refractivity (Wildman–Crippen MR) is 8.54 cm³/mol. The van der Waals surface area contributed by atoms with Crippen molar-refractivity contribution >= 4 is 27.3 Å². The van der Waals surface area contributed by atoms with E-state index in [2.05, 4.69) is 0 Å². The Balaban J connectivity index is 0. The standard InChI is InChI=1S/Cu.Mo.Pb.W.Zn.2H. The molecule has 0 spiro atoms. The summed E-state index contributed by atoms with van der Waals surface area (Å²) in [4.78, 5) is 0. The van der Waals surface area contributed by atoms with Gasteiger partial charge < -0.3 is 0 Å². The minimum atomic E-state index is 0. The quantitative estimate of drug-likeness (QED) is 0.309. The fraction of sp³-hybridized carbons (Fsp3) is 0. The summed E-state index contributed by atoms with van der Waals surface area (Å²) in [6, 6.07) is 0. The van der Waals surface area contributed by atoms with Crippen molar-refractivity contribution in [2.75, 3.05) is 0 Å². The Hall–Kier alpha value is 3.44.